The minimum Gasteiger partial charge on any atom is -0.340 e. The molecular weight excluding hydrogens is 416 g/mol. The average molecular weight is 439 g/mol. The van der Waals surface area contributed by atoms with Gasteiger partial charge >= 0.3 is 0 Å². The topological polar surface area (TPSA) is 120 Å². The first-order chi connectivity index (χ1) is 14.9. The van der Waals surface area contributed by atoms with Gasteiger partial charge in [-0.05, 0) is 45.0 Å². The van der Waals surface area contributed by atoms with Crippen molar-refractivity contribution in [3.63, 3.8) is 0 Å². The number of nitrogens with zero attached hydrogens (tertiary/aromatic N) is 6. The minimum absolute atomic E-state index is 0.00244. The van der Waals surface area contributed by atoms with Crippen LogP contribution in [-0.2, 0) is 16.6 Å². The second kappa shape index (κ2) is 8.19. The lowest BCUT2D eigenvalue weighted by molar-refractivity contribution is 0.598. The van der Waals surface area contributed by atoms with E-state index >= 15 is 0 Å². The van der Waals surface area contributed by atoms with E-state index in [-0.39, 0.29) is 5.03 Å². The fourth-order valence-electron chi connectivity index (χ4n) is 3.07. The summed E-state index contributed by atoms with van der Waals surface area (Å²) in [6.45, 7) is 6.25. The molecule has 10 nitrogen and oxygen atoms in total. The van der Waals surface area contributed by atoms with Crippen LogP contribution in [-0.4, -0.2) is 37.5 Å². The van der Waals surface area contributed by atoms with E-state index in [1.165, 1.54) is 12.5 Å². The number of rotatable bonds is 7. The summed E-state index contributed by atoms with van der Waals surface area (Å²) in [6, 6.07) is 8.67. The Labute approximate surface area is 180 Å². The van der Waals surface area contributed by atoms with Crippen molar-refractivity contribution < 1.29 is 8.42 Å². The van der Waals surface area contributed by atoms with Crippen molar-refractivity contribution in [2.45, 2.75) is 32.3 Å². The summed E-state index contributed by atoms with van der Waals surface area (Å²) in [4.78, 5) is 16.8. The van der Waals surface area contributed by atoms with E-state index < -0.39 is 10.0 Å². The number of aromatic nitrogens is 6. The predicted octanol–water partition coefficient (Wildman–Crippen LogP) is 3.04. The van der Waals surface area contributed by atoms with Gasteiger partial charge in [0.05, 0.1) is 0 Å². The first-order valence-electron chi connectivity index (χ1n) is 9.62. The SMILES string of the molecule is CCn1cc(S(=O)(=O)Nc2ccc(Nc3cc(-n4ccnc4C)ncn3)cc2)nc1C. The molecule has 0 saturated carbocycles. The lowest BCUT2D eigenvalue weighted by Gasteiger charge is -2.10. The van der Waals surface area contributed by atoms with Gasteiger partial charge in [0, 0.05) is 42.6 Å². The third-order valence-corrected chi connectivity index (χ3v) is 5.96. The second-order valence-electron chi connectivity index (χ2n) is 6.83. The lowest BCUT2D eigenvalue weighted by atomic mass is 10.3. The Kier molecular flexibility index (Phi) is 5.42. The molecule has 11 heteroatoms. The Morgan fingerprint density at radius 1 is 1.00 bits per heavy atom. The van der Waals surface area contributed by atoms with Gasteiger partial charge in [-0.15, -0.1) is 0 Å². The van der Waals surface area contributed by atoms with Crippen LogP contribution in [0, 0.1) is 13.8 Å². The first-order valence-corrected chi connectivity index (χ1v) is 11.1. The zero-order valence-corrected chi connectivity index (χ0v) is 18.1. The van der Waals surface area contributed by atoms with Gasteiger partial charge in [-0.2, -0.15) is 8.42 Å². The molecule has 160 valence electrons. The number of hydrogen-bond acceptors (Lipinski definition) is 7. The third kappa shape index (κ3) is 4.40. The molecule has 0 radical (unpaired) electrons. The zero-order valence-electron chi connectivity index (χ0n) is 17.3. The van der Waals surface area contributed by atoms with Gasteiger partial charge in [0.2, 0.25) is 0 Å². The van der Waals surface area contributed by atoms with Crippen LogP contribution in [0.1, 0.15) is 18.6 Å². The van der Waals surface area contributed by atoms with Crippen molar-refractivity contribution in [3.05, 3.63) is 66.9 Å². The van der Waals surface area contributed by atoms with Gasteiger partial charge in [-0.1, -0.05) is 0 Å². The molecule has 4 aromatic rings. The van der Waals surface area contributed by atoms with Gasteiger partial charge in [0.25, 0.3) is 10.0 Å². The maximum absolute atomic E-state index is 12.6. The zero-order chi connectivity index (χ0) is 22.0. The van der Waals surface area contributed by atoms with E-state index in [4.69, 9.17) is 0 Å². The van der Waals surface area contributed by atoms with E-state index in [2.05, 4.69) is 30.0 Å². The molecule has 2 N–H and O–H groups in total. The lowest BCUT2D eigenvalue weighted by Crippen LogP contribution is -2.13. The summed E-state index contributed by atoms with van der Waals surface area (Å²) in [5, 5.41) is 3.19. The predicted molar refractivity (Wildman–Crippen MR) is 117 cm³/mol. The van der Waals surface area contributed by atoms with Crippen LogP contribution in [0.25, 0.3) is 5.82 Å². The molecular formula is C20H22N8O2S. The van der Waals surface area contributed by atoms with E-state index in [9.17, 15) is 8.42 Å². The first kappa shape index (κ1) is 20.5. The molecule has 3 aromatic heterocycles. The highest BCUT2D eigenvalue weighted by molar-refractivity contribution is 7.92. The number of hydrogen-bond donors (Lipinski definition) is 2. The summed E-state index contributed by atoms with van der Waals surface area (Å²) >= 11 is 0. The van der Waals surface area contributed by atoms with Crippen LogP contribution in [0.15, 0.2) is 60.3 Å². The molecule has 0 spiro atoms. The maximum Gasteiger partial charge on any atom is 0.280 e. The Bertz CT molecular complexity index is 1310. The Morgan fingerprint density at radius 2 is 1.74 bits per heavy atom. The van der Waals surface area contributed by atoms with E-state index in [0.29, 0.717) is 29.7 Å². The van der Waals surface area contributed by atoms with Gasteiger partial charge in [0.1, 0.15) is 29.6 Å². The molecule has 0 atom stereocenters. The molecule has 0 aliphatic carbocycles. The number of aryl methyl sites for hydroxylation is 3. The molecule has 0 saturated heterocycles. The van der Waals surface area contributed by atoms with Crippen molar-refractivity contribution in [1.29, 1.82) is 0 Å². The van der Waals surface area contributed by atoms with Crippen LogP contribution < -0.4 is 10.0 Å². The molecule has 0 amide bonds. The van der Waals surface area contributed by atoms with Gasteiger partial charge in [0.15, 0.2) is 5.03 Å². The summed E-state index contributed by atoms with van der Waals surface area (Å²) in [7, 11) is -3.76. The number of imidazole rings is 2. The van der Waals surface area contributed by atoms with Gasteiger partial charge in [-0.3, -0.25) is 9.29 Å². The normalized spacial score (nSPS) is 11.5. The quantitative estimate of drug-likeness (QED) is 0.455. The smallest absolute Gasteiger partial charge is 0.280 e. The number of anilines is 3. The Hall–Kier alpha value is -3.73. The van der Waals surface area contributed by atoms with Crippen LogP contribution in [0.5, 0.6) is 0 Å². The van der Waals surface area contributed by atoms with E-state index in [1.807, 2.05) is 24.6 Å². The number of sulfonamides is 1. The molecule has 0 aliphatic rings. The molecule has 4 rings (SSSR count). The standard InChI is InChI=1S/C20H22N8O2S/c1-4-27-12-20(24-15(27)3)31(29,30)26-17-7-5-16(6-8-17)25-18-11-19(23-13-22-18)28-10-9-21-14(28)2/h5-13,26H,4H2,1-3H3,(H,22,23,25). The van der Waals surface area contributed by atoms with Crippen molar-refractivity contribution in [2.24, 2.45) is 0 Å². The van der Waals surface area contributed by atoms with Crippen LogP contribution in [0.2, 0.25) is 0 Å². The molecule has 0 aliphatic heterocycles. The fraction of sp³-hybridized carbons (Fsp3) is 0.200. The highest BCUT2D eigenvalue weighted by Gasteiger charge is 2.19. The van der Waals surface area contributed by atoms with Crippen LogP contribution >= 0.6 is 0 Å². The Balaban J connectivity index is 1.48. The van der Waals surface area contributed by atoms with E-state index in [1.54, 1.807) is 48.0 Å². The van der Waals surface area contributed by atoms with Crippen LogP contribution in [0.3, 0.4) is 0 Å². The Morgan fingerprint density at radius 3 is 2.39 bits per heavy atom. The third-order valence-electron chi connectivity index (χ3n) is 4.70. The second-order valence-corrected chi connectivity index (χ2v) is 8.46. The number of nitrogens with one attached hydrogen (secondary N) is 2. The summed E-state index contributed by atoms with van der Waals surface area (Å²) in [6.07, 6.45) is 6.53. The number of benzene rings is 1. The van der Waals surface area contributed by atoms with Crippen molar-refractivity contribution >= 4 is 27.2 Å². The van der Waals surface area contributed by atoms with Crippen molar-refractivity contribution in [1.82, 2.24) is 29.1 Å². The molecule has 3 heterocycles. The molecule has 0 fully saturated rings. The molecule has 31 heavy (non-hydrogen) atoms. The van der Waals surface area contributed by atoms with Gasteiger partial charge in [-0.25, -0.2) is 19.9 Å². The fourth-order valence-corrected chi connectivity index (χ4v) is 4.14. The molecule has 0 unspecified atom stereocenters. The highest BCUT2D eigenvalue weighted by Crippen LogP contribution is 2.21. The van der Waals surface area contributed by atoms with Crippen LogP contribution in [0.4, 0.5) is 17.2 Å². The minimum atomic E-state index is -3.76. The summed E-state index contributed by atoms with van der Waals surface area (Å²) < 4.78 is 31.4. The van der Waals surface area contributed by atoms with Crippen molar-refractivity contribution in [2.75, 3.05) is 10.0 Å². The highest BCUT2D eigenvalue weighted by atomic mass is 32.2. The average Bonchev–Trinajstić information content (AvgIpc) is 3.35. The summed E-state index contributed by atoms with van der Waals surface area (Å²) in [5.74, 6) is 2.77. The largest absolute Gasteiger partial charge is 0.340 e. The molecule has 1 aromatic carbocycles. The van der Waals surface area contributed by atoms with E-state index in [0.717, 1.165) is 11.5 Å². The van der Waals surface area contributed by atoms with Crippen molar-refractivity contribution in [3.8, 4) is 5.82 Å². The molecule has 0 bridgehead atoms. The summed E-state index contributed by atoms with van der Waals surface area (Å²) in [5.41, 5.74) is 1.19. The maximum atomic E-state index is 12.6. The monoisotopic (exact) mass is 438 g/mol. The van der Waals surface area contributed by atoms with Gasteiger partial charge < -0.3 is 9.88 Å².